The molecule has 1 heterocycles. The Labute approximate surface area is 170 Å². The summed E-state index contributed by atoms with van der Waals surface area (Å²) in [5, 5.41) is 27.8. The normalized spacial score (nSPS) is 10.6. The van der Waals surface area contributed by atoms with Gasteiger partial charge in [-0.1, -0.05) is 11.6 Å². The van der Waals surface area contributed by atoms with E-state index in [2.05, 4.69) is 10.4 Å². The molecule has 0 saturated carbocycles. The molecule has 0 radical (unpaired) electrons. The molecule has 9 nitrogen and oxygen atoms in total. The highest BCUT2D eigenvalue weighted by molar-refractivity contribution is 6.32. The molecular weight excluding hydrogens is 400 g/mol. The maximum absolute atomic E-state index is 12.3. The van der Waals surface area contributed by atoms with Gasteiger partial charge in [-0.2, -0.15) is 5.10 Å². The van der Waals surface area contributed by atoms with E-state index in [1.807, 2.05) is 13.8 Å². The van der Waals surface area contributed by atoms with Crippen molar-refractivity contribution in [2.45, 2.75) is 20.6 Å². The van der Waals surface area contributed by atoms with Crippen molar-refractivity contribution in [1.82, 2.24) is 9.78 Å². The minimum Gasteiger partial charge on any atom is -0.506 e. The number of nitro groups is 1. The average Bonchev–Trinajstić information content (AvgIpc) is 3.15. The van der Waals surface area contributed by atoms with Crippen molar-refractivity contribution in [2.75, 3.05) is 5.32 Å². The van der Waals surface area contributed by atoms with Crippen LogP contribution in [-0.2, 0) is 6.73 Å². The van der Waals surface area contributed by atoms with E-state index in [0.717, 1.165) is 29.3 Å². The van der Waals surface area contributed by atoms with Crippen molar-refractivity contribution in [3.8, 4) is 11.5 Å². The second-order valence-corrected chi connectivity index (χ2v) is 6.68. The average molecular weight is 417 g/mol. The Balaban J connectivity index is 1.68. The number of amides is 1. The number of rotatable bonds is 6. The lowest BCUT2D eigenvalue weighted by Gasteiger charge is -2.10. The van der Waals surface area contributed by atoms with Crippen LogP contribution in [0, 0.1) is 24.0 Å². The Bertz CT molecular complexity index is 1070. The van der Waals surface area contributed by atoms with Crippen LogP contribution < -0.4 is 10.1 Å². The monoisotopic (exact) mass is 416 g/mol. The zero-order valence-corrected chi connectivity index (χ0v) is 16.3. The largest absolute Gasteiger partial charge is 0.506 e. The van der Waals surface area contributed by atoms with Crippen LogP contribution in [0.2, 0.25) is 5.02 Å². The summed E-state index contributed by atoms with van der Waals surface area (Å²) >= 11 is 6.14. The Morgan fingerprint density at radius 2 is 1.97 bits per heavy atom. The van der Waals surface area contributed by atoms with Crippen molar-refractivity contribution in [3.63, 3.8) is 0 Å². The van der Waals surface area contributed by atoms with Crippen molar-refractivity contribution in [1.29, 1.82) is 0 Å². The first-order chi connectivity index (χ1) is 13.7. The lowest BCUT2D eigenvalue weighted by molar-refractivity contribution is -0.384. The van der Waals surface area contributed by atoms with Gasteiger partial charge in [0.05, 0.1) is 10.6 Å². The SMILES string of the molecule is Cc1cc(OCn2ccc(C(=O)Nc3cc([N+](=O)[O-])ccc3O)n2)cc(C)c1Cl. The first kappa shape index (κ1) is 20.2. The van der Waals surface area contributed by atoms with Gasteiger partial charge in [-0.15, -0.1) is 0 Å². The fraction of sp³-hybridized carbons (Fsp3) is 0.158. The van der Waals surface area contributed by atoms with Gasteiger partial charge < -0.3 is 15.2 Å². The molecule has 150 valence electrons. The number of nitrogens with one attached hydrogen (secondary N) is 1. The maximum atomic E-state index is 12.3. The first-order valence-corrected chi connectivity index (χ1v) is 8.84. The van der Waals surface area contributed by atoms with Crippen molar-refractivity contribution in [3.05, 3.63) is 74.6 Å². The van der Waals surface area contributed by atoms with Gasteiger partial charge in [0.1, 0.15) is 11.5 Å². The Hall–Kier alpha value is -3.59. The zero-order valence-electron chi connectivity index (χ0n) is 15.5. The van der Waals surface area contributed by atoms with Gasteiger partial charge in [-0.3, -0.25) is 14.9 Å². The van der Waals surface area contributed by atoms with Crippen LogP contribution in [0.15, 0.2) is 42.6 Å². The van der Waals surface area contributed by atoms with Crippen LogP contribution in [0.4, 0.5) is 11.4 Å². The standard InChI is InChI=1S/C19H17ClN4O5/c1-11-7-14(8-12(2)18(11)20)29-10-23-6-5-15(22-23)19(26)21-16-9-13(24(27)28)3-4-17(16)25/h3-9,25H,10H2,1-2H3,(H,21,26). The molecule has 3 rings (SSSR count). The van der Waals surface area contributed by atoms with E-state index in [1.54, 1.807) is 18.3 Å². The summed E-state index contributed by atoms with van der Waals surface area (Å²) < 4.78 is 7.09. The predicted molar refractivity (Wildman–Crippen MR) is 106 cm³/mol. The summed E-state index contributed by atoms with van der Waals surface area (Å²) in [6.45, 7) is 3.82. The summed E-state index contributed by atoms with van der Waals surface area (Å²) in [6, 6.07) is 8.41. The predicted octanol–water partition coefficient (Wildman–Crippen LogP) is 4.06. The summed E-state index contributed by atoms with van der Waals surface area (Å²) in [6.07, 6.45) is 1.55. The third-order valence-electron chi connectivity index (χ3n) is 4.09. The Kier molecular flexibility index (Phi) is 5.69. The lowest BCUT2D eigenvalue weighted by Crippen LogP contribution is -2.14. The van der Waals surface area contributed by atoms with E-state index in [9.17, 15) is 20.0 Å². The third kappa shape index (κ3) is 4.64. The second-order valence-electron chi connectivity index (χ2n) is 6.30. The fourth-order valence-corrected chi connectivity index (χ4v) is 2.72. The topological polar surface area (TPSA) is 120 Å². The van der Waals surface area contributed by atoms with Gasteiger partial charge in [0.25, 0.3) is 11.6 Å². The molecule has 1 aromatic heterocycles. The molecule has 0 fully saturated rings. The highest BCUT2D eigenvalue weighted by Crippen LogP contribution is 2.28. The number of nitrogens with zero attached hydrogens (tertiary/aromatic N) is 3. The quantitative estimate of drug-likeness (QED) is 0.355. The molecule has 0 saturated heterocycles. The number of aromatic nitrogens is 2. The Morgan fingerprint density at radius 3 is 2.62 bits per heavy atom. The number of phenolic OH excluding ortho intramolecular Hbond substituents is 1. The van der Waals surface area contributed by atoms with Gasteiger partial charge in [0.2, 0.25) is 0 Å². The molecule has 0 aliphatic heterocycles. The second kappa shape index (κ2) is 8.19. The molecule has 0 unspecified atom stereocenters. The molecular formula is C19H17ClN4O5. The molecule has 0 atom stereocenters. The maximum Gasteiger partial charge on any atom is 0.276 e. The highest BCUT2D eigenvalue weighted by Gasteiger charge is 2.15. The number of nitro benzene ring substituents is 1. The van der Waals surface area contributed by atoms with Crippen molar-refractivity contribution in [2.24, 2.45) is 0 Å². The molecule has 0 spiro atoms. The van der Waals surface area contributed by atoms with Gasteiger partial charge in [-0.05, 0) is 49.2 Å². The van der Waals surface area contributed by atoms with Crippen LogP contribution in [0.25, 0.3) is 0 Å². The number of benzene rings is 2. The van der Waals surface area contributed by atoms with Crippen molar-refractivity contribution < 1.29 is 19.6 Å². The molecule has 1 amide bonds. The lowest BCUT2D eigenvalue weighted by atomic mass is 10.1. The van der Waals surface area contributed by atoms with Gasteiger partial charge >= 0.3 is 0 Å². The first-order valence-electron chi connectivity index (χ1n) is 8.46. The smallest absolute Gasteiger partial charge is 0.276 e. The van der Waals surface area contributed by atoms with E-state index < -0.39 is 10.8 Å². The number of phenols is 1. The molecule has 29 heavy (non-hydrogen) atoms. The van der Waals surface area contributed by atoms with Crippen LogP contribution in [0.1, 0.15) is 21.6 Å². The molecule has 2 aromatic carbocycles. The summed E-state index contributed by atoms with van der Waals surface area (Å²) in [7, 11) is 0. The number of halogens is 1. The van der Waals surface area contributed by atoms with Gasteiger partial charge in [0.15, 0.2) is 12.4 Å². The van der Waals surface area contributed by atoms with Crippen LogP contribution in [-0.4, -0.2) is 25.7 Å². The molecule has 3 aromatic rings. The third-order valence-corrected chi connectivity index (χ3v) is 4.68. The number of aromatic hydroxyl groups is 1. The van der Waals surface area contributed by atoms with Gasteiger partial charge in [-0.25, -0.2) is 4.68 Å². The van der Waals surface area contributed by atoms with E-state index in [1.165, 1.54) is 10.7 Å². The minimum absolute atomic E-state index is 0.0583. The Morgan fingerprint density at radius 1 is 1.28 bits per heavy atom. The zero-order chi connectivity index (χ0) is 21.1. The fourth-order valence-electron chi connectivity index (χ4n) is 2.61. The summed E-state index contributed by atoms with van der Waals surface area (Å²) in [4.78, 5) is 22.6. The molecule has 0 aliphatic rings. The number of hydrogen-bond acceptors (Lipinski definition) is 6. The van der Waals surface area contributed by atoms with Gasteiger partial charge in [0, 0.05) is 23.4 Å². The molecule has 0 bridgehead atoms. The summed E-state index contributed by atoms with van der Waals surface area (Å²) in [5.41, 5.74) is 1.49. The van der Waals surface area contributed by atoms with E-state index in [4.69, 9.17) is 16.3 Å². The summed E-state index contributed by atoms with van der Waals surface area (Å²) in [5.74, 6) is -0.301. The number of ether oxygens (including phenoxy) is 1. The number of carbonyl (C=O) groups excluding carboxylic acids is 1. The molecule has 0 aliphatic carbocycles. The number of hydrogen-bond donors (Lipinski definition) is 2. The van der Waals surface area contributed by atoms with Crippen LogP contribution >= 0.6 is 11.6 Å². The molecule has 10 heteroatoms. The van der Waals surface area contributed by atoms with E-state index in [-0.39, 0.29) is 29.5 Å². The van der Waals surface area contributed by atoms with Crippen molar-refractivity contribution >= 4 is 28.9 Å². The number of carbonyl (C=O) groups is 1. The van der Waals surface area contributed by atoms with E-state index >= 15 is 0 Å². The minimum atomic E-state index is -0.627. The highest BCUT2D eigenvalue weighted by atomic mass is 35.5. The van der Waals surface area contributed by atoms with Crippen LogP contribution in [0.5, 0.6) is 11.5 Å². The van der Waals surface area contributed by atoms with E-state index in [0.29, 0.717) is 10.8 Å². The number of non-ortho nitro benzene ring substituents is 1. The van der Waals surface area contributed by atoms with Crippen LogP contribution in [0.3, 0.4) is 0 Å². The number of aryl methyl sites for hydroxylation is 2. The number of anilines is 1. The molecule has 2 N–H and O–H groups in total.